The zero-order valence-electron chi connectivity index (χ0n) is 54.7. The summed E-state index contributed by atoms with van der Waals surface area (Å²) >= 11 is 0. The Kier molecular flexibility index (Phi) is 67.2. The molecule has 476 valence electrons. The van der Waals surface area contributed by atoms with E-state index in [1.165, 1.54) is 186 Å². The lowest BCUT2D eigenvalue weighted by Gasteiger charge is -2.18. The summed E-state index contributed by atoms with van der Waals surface area (Å²) in [6.07, 6.45) is 96.8. The molecule has 0 aliphatic heterocycles. The topological polar surface area (TPSA) is 78.9 Å². The van der Waals surface area contributed by atoms with Crippen LogP contribution in [0.1, 0.15) is 342 Å². The summed E-state index contributed by atoms with van der Waals surface area (Å²) in [5.74, 6) is -0.886. The third-order valence-corrected chi connectivity index (χ3v) is 15.2. The maximum Gasteiger partial charge on any atom is 0.306 e. The second-order valence-corrected chi connectivity index (χ2v) is 23.4. The predicted molar refractivity (Wildman–Crippen MR) is 362 cm³/mol. The number of esters is 3. The molecule has 0 heterocycles. The highest BCUT2D eigenvalue weighted by Gasteiger charge is 2.19. The molecule has 1 atom stereocenters. The van der Waals surface area contributed by atoms with E-state index in [2.05, 4.69) is 130 Å². The van der Waals surface area contributed by atoms with Crippen molar-refractivity contribution in [2.75, 3.05) is 13.2 Å². The molecule has 0 aromatic heterocycles. The van der Waals surface area contributed by atoms with Gasteiger partial charge in [-0.15, -0.1) is 0 Å². The van der Waals surface area contributed by atoms with E-state index >= 15 is 0 Å². The number of allylic oxidation sites excluding steroid dienone is 18. The molecule has 0 saturated heterocycles. The van der Waals surface area contributed by atoms with E-state index in [4.69, 9.17) is 14.2 Å². The summed E-state index contributed by atoms with van der Waals surface area (Å²) < 4.78 is 17.0. The van der Waals surface area contributed by atoms with E-state index in [-0.39, 0.29) is 31.1 Å². The van der Waals surface area contributed by atoms with Crippen LogP contribution in [-0.2, 0) is 28.6 Å². The second kappa shape index (κ2) is 70.6. The first-order valence-corrected chi connectivity index (χ1v) is 35.4. The maximum absolute atomic E-state index is 12.9. The summed E-state index contributed by atoms with van der Waals surface area (Å²) in [7, 11) is 0. The van der Waals surface area contributed by atoms with Crippen LogP contribution in [0.5, 0.6) is 0 Å². The van der Waals surface area contributed by atoms with Crippen molar-refractivity contribution in [2.45, 2.75) is 348 Å². The van der Waals surface area contributed by atoms with Crippen molar-refractivity contribution in [3.8, 4) is 0 Å². The molecule has 0 aliphatic rings. The molecule has 0 aromatic carbocycles. The molecule has 0 aliphatic carbocycles. The highest BCUT2D eigenvalue weighted by atomic mass is 16.6. The Morgan fingerprint density at radius 1 is 0.253 bits per heavy atom. The summed E-state index contributed by atoms with van der Waals surface area (Å²) in [6, 6.07) is 0. The lowest BCUT2D eigenvalue weighted by Crippen LogP contribution is -2.30. The second-order valence-electron chi connectivity index (χ2n) is 23.4. The van der Waals surface area contributed by atoms with Gasteiger partial charge in [0.25, 0.3) is 0 Å². The molecule has 0 spiro atoms. The molecular formula is C77H132O6. The lowest BCUT2D eigenvalue weighted by atomic mass is 10.0. The Morgan fingerprint density at radius 3 is 0.759 bits per heavy atom. The fourth-order valence-corrected chi connectivity index (χ4v) is 9.94. The SMILES string of the molecule is CC/C=C\C/C=C\C/C=C\C/C=C\C/C=C\C/C=C\CCCCCCCCCCCCCCCCC(=O)OCC(COC(=O)CCCCCCC/C=C\CCCCCCC)OC(=O)CCCCCCCCC/C=C\C/C=C\CCCCCC. The Labute approximate surface area is 514 Å². The van der Waals surface area contributed by atoms with E-state index in [0.29, 0.717) is 19.3 Å². The van der Waals surface area contributed by atoms with Crippen molar-refractivity contribution >= 4 is 17.9 Å². The molecule has 0 aromatic rings. The van der Waals surface area contributed by atoms with Crippen LogP contribution in [0.25, 0.3) is 0 Å². The molecule has 0 fully saturated rings. The first kappa shape index (κ1) is 79.1. The third-order valence-electron chi connectivity index (χ3n) is 15.2. The molecule has 0 rings (SSSR count). The van der Waals surface area contributed by atoms with Crippen LogP contribution in [0.3, 0.4) is 0 Å². The van der Waals surface area contributed by atoms with Gasteiger partial charge in [0, 0.05) is 19.3 Å². The smallest absolute Gasteiger partial charge is 0.306 e. The fraction of sp³-hybridized carbons (Fsp3) is 0.727. The van der Waals surface area contributed by atoms with E-state index in [1.54, 1.807) is 0 Å². The number of rotatable bonds is 64. The normalized spacial score (nSPS) is 12.8. The standard InChI is InChI=1S/C77H132O6/c1-4-7-10-13-16-19-22-25-28-30-32-33-34-35-36-37-38-39-40-41-42-43-44-45-46-48-49-52-55-58-61-64-67-70-76(79)82-73-74(72-81-75(78)69-66-63-60-57-54-51-27-24-21-18-15-12-9-6-3)83-77(80)71-68-65-62-59-56-53-50-47-31-29-26-23-20-17-14-11-8-5-2/h7,10,16,19-20,23-25,27-29,31-33,35-36,38-39,74H,4-6,8-9,11-15,17-18,21-22,26,30,34,37,40-73H2,1-3H3/b10-7-,19-16-,23-20-,27-24-,28-25-,31-29-,33-32-,36-35-,39-38-. The van der Waals surface area contributed by atoms with Gasteiger partial charge in [0.1, 0.15) is 13.2 Å². The van der Waals surface area contributed by atoms with E-state index in [1.807, 2.05) is 0 Å². The van der Waals surface area contributed by atoms with E-state index in [9.17, 15) is 14.4 Å². The van der Waals surface area contributed by atoms with Crippen LogP contribution in [-0.4, -0.2) is 37.2 Å². The Morgan fingerprint density at radius 2 is 0.470 bits per heavy atom. The largest absolute Gasteiger partial charge is 0.462 e. The minimum Gasteiger partial charge on any atom is -0.462 e. The lowest BCUT2D eigenvalue weighted by molar-refractivity contribution is -0.167. The van der Waals surface area contributed by atoms with Crippen LogP contribution in [0.15, 0.2) is 109 Å². The zero-order valence-corrected chi connectivity index (χ0v) is 54.7. The molecule has 1 unspecified atom stereocenters. The van der Waals surface area contributed by atoms with Crippen molar-refractivity contribution in [3.63, 3.8) is 0 Å². The Balaban J connectivity index is 4.24. The van der Waals surface area contributed by atoms with Gasteiger partial charge < -0.3 is 14.2 Å². The van der Waals surface area contributed by atoms with Crippen molar-refractivity contribution in [1.29, 1.82) is 0 Å². The number of carbonyl (C=O) groups excluding carboxylic acids is 3. The van der Waals surface area contributed by atoms with Crippen molar-refractivity contribution in [1.82, 2.24) is 0 Å². The number of hydrogen-bond acceptors (Lipinski definition) is 6. The third kappa shape index (κ3) is 68.7. The van der Waals surface area contributed by atoms with Gasteiger partial charge in [-0.25, -0.2) is 0 Å². The molecule has 0 radical (unpaired) electrons. The molecule has 0 bridgehead atoms. The highest BCUT2D eigenvalue weighted by molar-refractivity contribution is 5.71. The highest BCUT2D eigenvalue weighted by Crippen LogP contribution is 2.17. The Bertz CT molecular complexity index is 1660. The van der Waals surface area contributed by atoms with Gasteiger partial charge in [0.15, 0.2) is 6.10 Å². The van der Waals surface area contributed by atoms with Gasteiger partial charge in [0.05, 0.1) is 0 Å². The predicted octanol–water partition coefficient (Wildman–Crippen LogP) is 24.6. The number of unbranched alkanes of at least 4 members (excludes halogenated alkanes) is 35. The minimum absolute atomic E-state index is 0.0821. The number of ether oxygens (including phenoxy) is 3. The van der Waals surface area contributed by atoms with Gasteiger partial charge in [-0.2, -0.15) is 0 Å². The summed E-state index contributed by atoms with van der Waals surface area (Å²) in [5, 5.41) is 0. The molecule has 83 heavy (non-hydrogen) atoms. The summed E-state index contributed by atoms with van der Waals surface area (Å²) in [5.41, 5.74) is 0. The number of carbonyl (C=O) groups is 3. The van der Waals surface area contributed by atoms with Crippen LogP contribution in [0, 0.1) is 0 Å². The van der Waals surface area contributed by atoms with Crippen LogP contribution in [0.4, 0.5) is 0 Å². The van der Waals surface area contributed by atoms with Gasteiger partial charge in [-0.3, -0.25) is 14.4 Å². The van der Waals surface area contributed by atoms with Crippen molar-refractivity contribution < 1.29 is 28.6 Å². The van der Waals surface area contributed by atoms with Gasteiger partial charge in [-0.05, 0) is 128 Å². The monoisotopic (exact) mass is 1150 g/mol. The molecule has 6 heteroatoms. The first-order valence-electron chi connectivity index (χ1n) is 35.4. The average Bonchev–Trinajstić information content (AvgIpc) is 3.49. The van der Waals surface area contributed by atoms with Gasteiger partial charge >= 0.3 is 17.9 Å². The molecule has 0 amide bonds. The molecule has 0 saturated carbocycles. The zero-order chi connectivity index (χ0) is 59.9. The average molecular weight is 1150 g/mol. The molecule has 0 N–H and O–H groups in total. The number of hydrogen-bond donors (Lipinski definition) is 0. The minimum atomic E-state index is -0.787. The van der Waals surface area contributed by atoms with Crippen LogP contribution < -0.4 is 0 Å². The van der Waals surface area contributed by atoms with E-state index < -0.39 is 6.10 Å². The summed E-state index contributed by atoms with van der Waals surface area (Å²) in [4.78, 5) is 38.4. The Hall–Kier alpha value is -3.93. The van der Waals surface area contributed by atoms with Crippen molar-refractivity contribution in [3.05, 3.63) is 109 Å². The first-order chi connectivity index (χ1) is 41.0. The van der Waals surface area contributed by atoms with Crippen LogP contribution >= 0.6 is 0 Å². The molecule has 6 nitrogen and oxygen atoms in total. The van der Waals surface area contributed by atoms with E-state index in [0.717, 1.165) is 116 Å². The fourth-order valence-electron chi connectivity index (χ4n) is 9.94. The molecular weight excluding hydrogens is 1020 g/mol. The maximum atomic E-state index is 12.9. The quantitative estimate of drug-likeness (QED) is 0.0261. The van der Waals surface area contributed by atoms with Crippen molar-refractivity contribution in [2.24, 2.45) is 0 Å². The van der Waals surface area contributed by atoms with Gasteiger partial charge in [0.2, 0.25) is 0 Å². The van der Waals surface area contributed by atoms with Gasteiger partial charge in [-0.1, -0.05) is 304 Å². The summed E-state index contributed by atoms with van der Waals surface area (Å²) in [6.45, 7) is 6.52. The van der Waals surface area contributed by atoms with Crippen LogP contribution in [0.2, 0.25) is 0 Å².